The van der Waals surface area contributed by atoms with Gasteiger partial charge in [0.15, 0.2) is 0 Å². The van der Waals surface area contributed by atoms with Crippen LogP contribution in [0.4, 0.5) is 5.69 Å². The van der Waals surface area contributed by atoms with Crippen molar-refractivity contribution in [2.75, 3.05) is 18.0 Å². The number of amides is 2. The minimum absolute atomic E-state index is 0.0191. The Hall–Kier alpha value is -3.08. The van der Waals surface area contributed by atoms with E-state index in [9.17, 15) is 18.0 Å². The first-order valence-corrected chi connectivity index (χ1v) is 16.3. The Bertz CT molecular complexity index is 1480. The molecular weight excluding hydrogens is 642 g/mol. The van der Waals surface area contributed by atoms with Gasteiger partial charge in [-0.1, -0.05) is 55.3 Å². The fraction of sp³-hybridized carbons (Fsp3) is 0.355. The quantitative estimate of drug-likeness (QED) is 0.228. The van der Waals surface area contributed by atoms with E-state index >= 15 is 0 Å². The number of anilines is 1. The molecule has 8 nitrogen and oxygen atoms in total. The Kier molecular flexibility index (Phi) is 11.8. The minimum atomic E-state index is -4.21. The average Bonchev–Trinajstić information content (AvgIpc) is 2.97. The summed E-state index contributed by atoms with van der Waals surface area (Å²) in [5, 5.41) is 3.51. The van der Waals surface area contributed by atoms with Crippen molar-refractivity contribution in [1.82, 2.24) is 10.2 Å². The molecule has 11 heteroatoms. The van der Waals surface area contributed by atoms with Crippen LogP contribution in [0.3, 0.4) is 0 Å². The minimum Gasteiger partial charge on any atom is -0.496 e. The largest absolute Gasteiger partial charge is 0.496 e. The highest BCUT2D eigenvalue weighted by atomic mass is 79.9. The summed E-state index contributed by atoms with van der Waals surface area (Å²) in [6.45, 7) is 7.16. The summed E-state index contributed by atoms with van der Waals surface area (Å²) in [6.07, 6.45) is 1.06. The first kappa shape index (κ1) is 33.4. The van der Waals surface area contributed by atoms with Crippen molar-refractivity contribution < 1.29 is 22.7 Å². The molecule has 0 aromatic heterocycles. The zero-order valence-corrected chi connectivity index (χ0v) is 27.6. The topological polar surface area (TPSA) is 96.0 Å². The van der Waals surface area contributed by atoms with Gasteiger partial charge in [0.2, 0.25) is 11.8 Å². The summed E-state index contributed by atoms with van der Waals surface area (Å²) in [5.41, 5.74) is 2.02. The van der Waals surface area contributed by atoms with Crippen LogP contribution in [0.2, 0.25) is 5.02 Å². The number of methoxy groups -OCH3 is 1. The molecule has 3 aromatic rings. The molecule has 0 aliphatic rings. The Morgan fingerprint density at radius 2 is 1.64 bits per heavy atom. The van der Waals surface area contributed by atoms with Gasteiger partial charge >= 0.3 is 0 Å². The molecule has 0 aliphatic carbocycles. The Morgan fingerprint density at radius 3 is 2.19 bits per heavy atom. The zero-order valence-electron chi connectivity index (χ0n) is 24.4. The summed E-state index contributed by atoms with van der Waals surface area (Å²) in [4.78, 5) is 29.0. The van der Waals surface area contributed by atoms with Crippen LogP contribution in [0, 0.1) is 6.92 Å². The first-order chi connectivity index (χ1) is 19.9. The lowest BCUT2D eigenvalue weighted by Gasteiger charge is -2.33. The maximum atomic E-state index is 14.2. The molecule has 0 unspecified atom stereocenters. The van der Waals surface area contributed by atoms with Crippen molar-refractivity contribution in [3.8, 4) is 5.75 Å². The Labute approximate surface area is 262 Å². The number of ether oxygens (including phenoxy) is 1. The molecule has 0 bridgehead atoms. The van der Waals surface area contributed by atoms with E-state index in [1.165, 1.54) is 24.1 Å². The van der Waals surface area contributed by atoms with Crippen LogP contribution in [0.1, 0.15) is 44.7 Å². The Balaban J connectivity index is 2.07. The summed E-state index contributed by atoms with van der Waals surface area (Å²) >= 11 is 9.45. The smallest absolute Gasteiger partial charge is 0.264 e. The molecule has 2 amide bonds. The van der Waals surface area contributed by atoms with E-state index in [1.54, 1.807) is 54.6 Å². The van der Waals surface area contributed by atoms with Crippen LogP contribution in [0.15, 0.2) is 76.1 Å². The van der Waals surface area contributed by atoms with Gasteiger partial charge in [0, 0.05) is 17.6 Å². The normalized spacial score (nSPS) is 12.7. The molecule has 0 fully saturated rings. The molecule has 0 saturated carbocycles. The van der Waals surface area contributed by atoms with Crippen molar-refractivity contribution in [1.29, 1.82) is 0 Å². The average molecular weight is 679 g/mol. The van der Waals surface area contributed by atoms with Gasteiger partial charge in [-0.05, 0) is 90.6 Å². The number of hydrogen-bond acceptors (Lipinski definition) is 5. The number of aryl methyl sites for hydroxylation is 1. The number of nitrogens with one attached hydrogen (secondary N) is 1. The van der Waals surface area contributed by atoms with E-state index in [-0.39, 0.29) is 23.4 Å². The third kappa shape index (κ3) is 8.26. The van der Waals surface area contributed by atoms with Crippen molar-refractivity contribution >= 4 is 55.1 Å². The van der Waals surface area contributed by atoms with Crippen LogP contribution >= 0.6 is 27.5 Å². The van der Waals surface area contributed by atoms with Crippen molar-refractivity contribution in [2.24, 2.45) is 0 Å². The van der Waals surface area contributed by atoms with Crippen LogP contribution in [-0.2, 0) is 26.2 Å². The number of carbonyl (C=O) groups is 2. The number of benzene rings is 3. The first-order valence-electron chi connectivity index (χ1n) is 13.7. The molecule has 226 valence electrons. The van der Waals surface area contributed by atoms with Gasteiger partial charge in [0.05, 0.1) is 22.2 Å². The van der Waals surface area contributed by atoms with Gasteiger partial charge in [0.25, 0.3) is 10.0 Å². The van der Waals surface area contributed by atoms with E-state index in [1.807, 2.05) is 27.7 Å². The van der Waals surface area contributed by atoms with E-state index in [4.69, 9.17) is 16.3 Å². The second-order valence-electron chi connectivity index (χ2n) is 10.0. The predicted molar refractivity (Wildman–Crippen MR) is 170 cm³/mol. The summed E-state index contributed by atoms with van der Waals surface area (Å²) in [5.74, 6) is -0.343. The number of rotatable bonds is 13. The fourth-order valence-electron chi connectivity index (χ4n) is 4.32. The van der Waals surface area contributed by atoms with E-state index in [0.717, 1.165) is 21.9 Å². The standard InChI is InChI=1S/C31H37BrClN3O5S/c1-6-22(4)34-31(38)28(7-2)35(19-23-10-12-24(33)13-11-23)30(37)20-36(25-14-8-21(3)9-15-25)42(39,40)26-16-17-29(41-5)27(32)18-26/h8-18,22,28H,6-7,19-20H2,1-5H3,(H,34,38)/t22-,28+/m0/s1. The van der Waals surface area contributed by atoms with E-state index < -0.39 is 28.5 Å². The van der Waals surface area contributed by atoms with Crippen LogP contribution in [0.25, 0.3) is 0 Å². The second kappa shape index (κ2) is 14.9. The molecule has 0 spiro atoms. The highest BCUT2D eigenvalue weighted by Crippen LogP contribution is 2.31. The van der Waals surface area contributed by atoms with Crippen molar-refractivity contribution in [3.05, 3.63) is 87.4 Å². The third-order valence-electron chi connectivity index (χ3n) is 6.97. The number of nitrogens with zero attached hydrogens (tertiary/aromatic N) is 2. The number of carbonyl (C=O) groups excluding carboxylic acids is 2. The molecule has 42 heavy (non-hydrogen) atoms. The molecule has 0 aliphatic heterocycles. The van der Waals surface area contributed by atoms with E-state index in [0.29, 0.717) is 27.4 Å². The Morgan fingerprint density at radius 1 is 1.00 bits per heavy atom. The molecule has 3 aromatic carbocycles. The predicted octanol–water partition coefficient (Wildman–Crippen LogP) is 6.34. The molecule has 2 atom stereocenters. The monoisotopic (exact) mass is 677 g/mol. The maximum Gasteiger partial charge on any atom is 0.264 e. The SMILES string of the molecule is CC[C@H](C(=O)N[C@@H](C)CC)N(Cc1ccc(Cl)cc1)C(=O)CN(c1ccc(C)cc1)S(=O)(=O)c1ccc(OC)c(Br)c1. The van der Waals surface area contributed by atoms with E-state index in [2.05, 4.69) is 21.2 Å². The maximum absolute atomic E-state index is 14.2. The molecular formula is C31H37BrClN3O5S. The number of hydrogen-bond donors (Lipinski definition) is 1. The second-order valence-corrected chi connectivity index (χ2v) is 13.2. The van der Waals surface area contributed by atoms with Gasteiger partial charge in [-0.2, -0.15) is 0 Å². The zero-order chi connectivity index (χ0) is 31.0. The lowest BCUT2D eigenvalue weighted by atomic mass is 10.1. The van der Waals surface area contributed by atoms with Crippen molar-refractivity contribution in [3.63, 3.8) is 0 Å². The highest BCUT2D eigenvalue weighted by Gasteiger charge is 2.34. The molecule has 1 N–H and O–H groups in total. The molecule has 0 radical (unpaired) electrons. The lowest BCUT2D eigenvalue weighted by Crippen LogP contribution is -2.53. The number of sulfonamides is 1. The third-order valence-corrected chi connectivity index (χ3v) is 9.61. The van der Waals surface area contributed by atoms with Crippen LogP contribution in [0.5, 0.6) is 5.75 Å². The summed E-state index contributed by atoms with van der Waals surface area (Å²) in [7, 11) is -2.73. The lowest BCUT2D eigenvalue weighted by molar-refractivity contribution is -0.140. The number of halogens is 2. The highest BCUT2D eigenvalue weighted by molar-refractivity contribution is 9.10. The summed E-state index contributed by atoms with van der Waals surface area (Å²) in [6, 6.07) is 17.4. The van der Waals surface area contributed by atoms with Gasteiger partial charge in [0.1, 0.15) is 18.3 Å². The van der Waals surface area contributed by atoms with Crippen molar-refractivity contribution in [2.45, 2.75) is 64.1 Å². The van der Waals surface area contributed by atoms with Gasteiger partial charge in [-0.3, -0.25) is 13.9 Å². The van der Waals surface area contributed by atoms with Gasteiger partial charge < -0.3 is 15.0 Å². The van der Waals surface area contributed by atoms with Crippen LogP contribution < -0.4 is 14.4 Å². The molecule has 3 rings (SSSR count). The van der Waals surface area contributed by atoms with Gasteiger partial charge in [-0.25, -0.2) is 8.42 Å². The van der Waals surface area contributed by atoms with Gasteiger partial charge in [-0.15, -0.1) is 0 Å². The fourth-order valence-corrected chi connectivity index (χ4v) is 6.58. The summed E-state index contributed by atoms with van der Waals surface area (Å²) < 4.78 is 35.0. The molecule has 0 heterocycles. The van der Waals surface area contributed by atoms with Crippen LogP contribution in [-0.4, -0.2) is 50.9 Å². The molecule has 0 saturated heterocycles.